The number of unbranched alkanes of at least 4 members (excludes halogenated alkanes) is 2. The van der Waals surface area contributed by atoms with Gasteiger partial charge in [-0.1, -0.05) is 72.3 Å². The van der Waals surface area contributed by atoms with E-state index in [0.717, 1.165) is 13.0 Å². The van der Waals surface area contributed by atoms with Crippen molar-refractivity contribution in [1.82, 2.24) is 4.90 Å². The van der Waals surface area contributed by atoms with Crippen molar-refractivity contribution in [2.45, 2.75) is 105 Å². The van der Waals surface area contributed by atoms with Crippen LogP contribution in [0.5, 0.6) is 0 Å². The zero-order valence-electron chi connectivity index (χ0n) is 17.6. The highest BCUT2D eigenvalue weighted by Gasteiger charge is 2.21. The summed E-state index contributed by atoms with van der Waals surface area (Å²) >= 11 is 0. The summed E-state index contributed by atoms with van der Waals surface area (Å²) in [5.74, 6) is 1.89. The molecule has 0 fully saturated rings. The van der Waals surface area contributed by atoms with Crippen molar-refractivity contribution < 1.29 is 0 Å². The highest BCUT2D eigenvalue weighted by atomic mass is 15.2. The minimum atomic E-state index is 0.643. The summed E-state index contributed by atoms with van der Waals surface area (Å²) in [7, 11) is 0. The predicted octanol–water partition coefficient (Wildman–Crippen LogP) is 7.13. The van der Waals surface area contributed by atoms with E-state index in [9.17, 15) is 0 Å². The lowest BCUT2D eigenvalue weighted by Gasteiger charge is -2.35. The van der Waals surface area contributed by atoms with Gasteiger partial charge in [-0.2, -0.15) is 0 Å². The molecule has 0 spiro atoms. The first-order chi connectivity index (χ1) is 12.1. The van der Waals surface area contributed by atoms with E-state index in [-0.39, 0.29) is 0 Å². The summed E-state index contributed by atoms with van der Waals surface area (Å²) in [5.41, 5.74) is 1.55. The van der Waals surface area contributed by atoms with Gasteiger partial charge >= 0.3 is 0 Å². The normalized spacial score (nSPS) is 20.6. The van der Waals surface area contributed by atoms with Crippen molar-refractivity contribution in [2.75, 3.05) is 6.54 Å². The molecule has 0 amide bonds. The van der Waals surface area contributed by atoms with Gasteiger partial charge in [0.25, 0.3) is 0 Å². The van der Waals surface area contributed by atoms with Crippen LogP contribution < -0.4 is 0 Å². The van der Waals surface area contributed by atoms with Crippen LogP contribution in [-0.2, 0) is 0 Å². The molecule has 0 bridgehead atoms. The fourth-order valence-electron chi connectivity index (χ4n) is 3.62. The first kappa shape index (κ1) is 22.0. The summed E-state index contributed by atoms with van der Waals surface area (Å²) in [6.07, 6.45) is 19.3. The van der Waals surface area contributed by atoms with Gasteiger partial charge in [-0.15, -0.1) is 0 Å². The van der Waals surface area contributed by atoms with Gasteiger partial charge in [0.15, 0.2) is 0 Å². The third-order valence-electron chi connectivity index (χ3n) is 4.96. The Labute approximate surface area is 157 Å². The van der Waals surface area contributed by atoms with E-state index < -0.39 is 0 Å². The lowest BCUT2D eigenvalue weighted by molar-refractivity contribution is 0.197. The lowest BCUT2D eigenvalue weighted by Crippen LogP contribution is -2.37. The Balaban J connectivity index is 2.95. The third kappa shape index (κ3) is 8.74. The van der Waals surface area contributed by atoms with Crippen molar-refractivity contribution in [2.24, 2.45) is 10.9 Å². The number of hydrogen-bond donors (Lipinski definition) is 0. The minimum Gasteiger partial charge on any atom is -0.354 e. The van der Waals surface area contributed by atoms with Crippen molar-refractivity contribution in [3.8, 4) is 0 Å². The molecule has 2 heteroatoms. The summed E-state index contributed by atoms with van der Waals surface area (Å²) in [5, 5.41) is 0. The van der Waals surface area contributed by atoms with Gasteiger partial charge in [0.2, 0.25) is 0 Å². The molecule has 0 aromatic carbocycles. The molecule has 1 rings (SSSR count). The maximum Gasteiger partial charge on any atom is 0.124 e. The average Bonchev–Trinajstić information content (AvgIpc) is 2.56. The lowest BCUT2D eigenvalue weighted by atomic mass is 10.00. The van der Waals surface area contributed by atoms with Crippen LogP contribution >= 0.6 is 0 Å². The van der Waals surface area contributed by atoms with Crippen molar-refractivity contribution in [3.63, 3.8) is 0 Å². The molecule has 1 aliphatic rings. The Morgan fingerprint density at radius 2 is 1.72 bits per heavy atom. The van der Waals surface area contributed by atoms with E-state index in [0.29, 0.717) is 12.0 Å². The average molecular weight is 347 g/mol. The molecule has 1 heterocycles. The maximum absolute atomic E-state index is 4.89. The smallest absolute Gasteiger partial charge is 0.124 e. The Morgan fingerprint density at radius 3 is 2.28 bits per heavy atom. The molecule has 0 N–H and O–H groups in total. The van der Waals surface area contributed by atoms with E-state index in [1.165, 1.54) is 63.6 Å². The van der Waals surface area contributed by atoms with E-state index in [4.69, 9.17) is 4.99 Å². The topological polar surface area (TPSA) is 15.6 Å². The monoisotopic (exact) mass is 346 g/mol. The number of hydrogen-bond acceptors (Lipinski definition) is 2. The van der Waals surface area contributed by atoms with Crippen molar-refractivity contribution in [1.29, 1.82) is 0 Å². The van der Waals surface area contributed by atoms with Gasteiger partial charge in [0, 0.05) is 18.8 Å². The van der Waals surface area contributed by atoms with Crippen LogP contribution in [0.3, 0.4) is 0 Å². The number of nitrogens with zero attached hydrogens (tertiary/aromatic N) is 2. The molecule has 0 aliphatic carbocycles. The fraction of sp³-hybridized carbons (Fsp3) is 0.783. The van der Waals surface area contributed by atoms with Crippen molar-refractivity contribution >= 4 is 6.21 Å². The summed E-state index contributed by atoms with van der Waals surface area (Å²) < 4.78 is 0. The molecule has 0 aromatic rings. The second-order valence-corrected chi connectivity index (χ2v) is 7.94. The highest BCUT2D eigenvalue weighted by Crippen LogP contribution is 2.24. The van der Waals surface area contributed by atoms with Gasteiger partial charge in [-0.05, 0) is 50.2 Å². The molecule has 0 radical (unpaired) electrons. The zero-order valence-corrected chi connectivity index (χ0v) is 17.6. The fourth-order valence-corrected chi connectivity index (χ4v) is 3.62. The Bertz CT molecular complexity index is 423. The number of aliphatic imine (C=N–C) groups is 1. The Kier molecular flexibility index (Phi) is 11.6. The second kappa shape index (κ2) is 13.2. The summed E-state index contributed by atoms with van der Waals surface area (Å²) in [6, 6.07) is 0.643. The van der Waals surface area contributed by atoms with Crippen LogP contribution in [0.2, 0.25) is 0 Å². The van der Waals surface area contributed by atoms with Crippen LogP contribution in [0.1, 0.15) is 98.8 Å². The first-order valence-corrected chi connectivity index (χ1v) is 10.8. The van der Waals surface area contributed by atoms with Crippen LogP contribution in [0, 0.1) is 5.92 Å². The molecule has 2 nitrogen and oxygen atoms in total. The molecule has 25 heavy (non-hydrogen) atoms. The molecule has 1 aliphatic heterocycles. The molecular weight excluding hydrogens is 304 g/mol. The standard InChI is InChI=1S/C23H42N2/c1-6-9-14-22(15-10-7-2)25(19-20(4)5)23-16-11-13-21(12-8-3)17-18-24-23/h16-18,20,22H,6-15,19H2,1-5H3/b21-17+,23-16-,24-18-. The molecule has 0 atom stereocenters. The van der Waals surface area contributed by atoms with Crippen molar-refractivity contribution in [3.05, 3.63) is 23.5 Å². The SMILES string of the molecule is CCCCC(CCCC)N(CC(C)C)C1=C\CC/C(CCC)=C/C=N\1. The number of allylic oxidation sites excluding steroid dienone is 3. The molecule has 0 unspecified atom stereocenters. The quantitative estimate of drug-likeness (QED) is 0.367. The van der Waals surface area contributed by atoms with E-state index >= 15 is 0 Å². The Morgan fingerprint density at radius 1 is 1.04 bits per heavy atom. The molecule has 0 saturated heterocycles. The molecular formula is C23H42N2. The second-order valence-electron chi connectivity index (χ2n) is 7.94. The predicted molar refractivity (Wildman–Crippen MR) is 113 cm³/mol. The molecule has 0 aromatic heterocycles. The van der Waals surface area contributed by atoms with Gasteiger partial charge in [-0.3, -0.25) is 0 Å². The zero-order chi connectivity index (χ0) is 18.5. The van der Waals surface area contributed by atoms with E-state index in [1.54, 1.807) is 5.57 Å². The van der Waals surface area contributed by atoms with E-state index in [2.05, 4.69) is 57.9 Å². The number of rotatable bonds is 12. The van der Waals surface area contributed by atoms with Gasteiger partial charge in [0.05, 0.1) is 0 Å². The Hall–Kier alpha value is -1.05. The van der Waals surface area contributed by atoms with Crippen LogP contribution in [-0.4, -0.2) is 23.7 Å². The van der Waals surface area contributed by atoms with Gasteiger partial charge in [0.1, 0.15) is 5.82 Å². The third-order valence-corrected chi connectivity index (χ3v) is 4.96. The van der Waals surface area contributed by atoms with Crippen LogP contribution in [0.4, 0.5) is 0 Å². The maximum atomic E-state index is 4.89. The highest BCUT2D eigenvalue weighted by molar-refractivity contribution is 5.73. The summed E-state index contributed by atoms with van der Waals surface area (Å²) in [4.78, 5) is 7.52. The minimum absolute atomic E-state index is 0.643. The van der Waals surface area contributed by atoms with Gasteiger partial charge < -0.3 is 4.90 Å². The molecule has 144 valence electrons. The van der Waals surface area contributed by atoms with Crippen LogP contribution in [0.25, 0.3) is 0 Å². The van der Waals surface area contributed by atoms with Gasteiger partial charge in [-0.25, -0.2) is 4.99 Å². The first-order valence-electron chi connectivity index (χ1n) is 10.8. The van der Waals surface area contributed by atoms with E-state index in [1.807, 2.05) is 0 Å². The van der Waals surface area contributed by atoms with Crippen LogP contribution in [0.15, 0.2) is 28.5 Å². The molecule has 0 saturated carbocycles. The largest absolute Gasteiger partial charge is 0.354 e. The summed E-state index contributed by atoms with van der Waals surface area (Å²) in [6.45, 7) is 12.6.